The Morgan fingerprint density at radius 1 is 1.41 bits per heavy atom. The standard InChI is InChI=1S/C12H12BrCl2NO/c13-9(7-1-2-7)6-16-12(17)8-3-4-10(14)11(15)5-8/h3-5,7,9H,1-2,6H2,(H,16,17). The number of amides is 1. The fourth-order valence-corrected chi connectivity index (χ4v) is 2.54. The van der Waals surface area contributed by atoms with Crippen molar-refractivity contribution in [1.29, 1.82) is 0 Å². The Balaban J connectivity index is 1.92. The van der Waals surface area contributed by atoms with E-state index in [2.05, 4.69) is 21.2 Å². The van der Waals surface area contributed by atoms with E-state index < -0.39 is 0 Å². The average molecular weight is 337 g/mol. The molecule has 1 aromatic rings. The zero-order chi connectivity index (χ0) is 12.4. The molecule has 1 atom stereocenters. The molecule has 1 fully saturated rings. The molecule has 0 bridgehead atoms. The highest BCUT2D eigenvalue weighted by atomic mass is 79.9. The largest absolute Gasteiger partial charge is 0.351 e. The van der Waals surface area contributed by atoms with Gasteiger partial charge < -0.3 is 5.32 Å². The lowest BCUT2D eigenvalue weighted by atomic mass is 10.2. The van der Waals surface area contributed by atoms with Crippen LogP contribution >= 0.6 is 39.1 Å². The van der Waals surface area contributed by atoms with Gasteiger partial charge in [0.2, 0.25) is 0 Å². The lowest BCUT2D eigenvalue weighted by molar-refractivity contribution is 0.0953. The summed E-state index contributed by atoms with van der Waals surface area (Å²) in [5, 5.41) is 3.74. The number of alkyl halides is 1. The second-order valence-corrected chi connectivity index (χ2v) is 6.18. The number of hydrogen-bond acceptors (Lipinski definition) is 1. The van der Waals surface area contributed by atoms with Gasteiger partial charge in [0.15, 0.2) is 0 Å². The molecular formula is C12H12BrCl2NO. The van der Waals surface area contributed by atoms with Crippen molar-refractivity contribution in [1.82, 2.24) is 5.32 Å². The summed E-state index contributed by atoms with van der Waals surface area (Å²) in [4.78, 5) is 12.2. The average Bonchev–Trinajstić information content (AvgIpc) is 3.13. The third-order valence-corrected chi connectivity index (χ3v) is 4.58. The molecule has 1 unspecified atom stereocenters. The molecule has 0 aliphatic heterocycles. The van der Waals surface area contributed by atoms with Crippen molar-refractivity contribution in [3.8, 4) is 0 Å². The van der Waals surface area contributed by atoms with Crippen molar-refractivity contribution in [3.63, 3.8) is 0 Å². The van der Waals surface area contributed by atoms with Crippen LogP contribution in [-0.2, 0) is 0 Å². The Hall–Kier alpha value is -0.250. The Kier molecular flexibility index (Phi) is 4.34. The SMILES string of the molecule is O=C(NCC(Br)C1CC1)c1ccc(Cl)c(Cl)c1. The van der Waals surface area contributed by atoms with Crippen LogP contribution in [-0.4, -0.2) is 17.3 Å². The molecule has 0 aromatic heterocycles. The van der Waals surface area contributed by atoms with E-state index in [0.29, 0.717) is 32.9 Å². The van der Waals surface area contributed by atoms with E-state index in [9.17, 15) is 4.79 Å². The summed E-state index contributed by atoms with van der Waals surface area (Å²) >= 11 is 15.2. The maximum Gasteiger partial charge on any atom is 0.251 e. The first-order valence-corrected chi connectivity index (χ1v) is 7.12. The summed E-state index contributed by atoms with van der Waals surface area (Å²) in [5.74, 6) is 0.595. The quantitative estimate of drug-likeness (QED) is 0.830. The third-order valence-electron chi connectivity index (χ3n) is 2.77. The van der Waals surface area contributed by atoms with Gasteiger partial charge in [0.1, 0.15) is 0 Å². The molecule has 92 valence electrons. The van der Waals surface area contributed by atoms with Crippen LogP contribution in [0, 0.1) is 5.92 Å². The van der Waals surface area contributed by atoms with Crippen molar-refractivity contribution in [3.05, 3.63) is 33.8 Å². The van der Waals surface area contributed by atoms with Gasteiger partial charge in [-0.05, 0) is 37.0 Å². The van der Waals surface area contributed by atoms with Crippen LogP contribution < -0.4 is 5.32 Å². The number of halogens is 3. The second-order valence-electron chi connectivity index (χ2n) is 4.19. The molecule has 2 nitrogen and oxygen atoms in total. The molecule has 0 spiro atoms. The molecule has 17 heavy (non-hydrogen) atoms. The lowest BCUT2D eigenvalue weighted by Gasteiger charge is -2.10. The van der Waals surface area contributed by atoms with Crippen LogP contribution in [0.4, 0.5) is 0 Å². The van der Waals surface area contributed by atoms with Gasteiger partial charge in [-0.25, -0.2) is 0 Å². The molecule has 0 saturated heterocycles. The molecule has 0 radical (unpaired) electrons. The van der Waals surface area contributed by atoms with Crippen LogP contribution in [0.1, 0.15) is 23.2 Å². The first kappa shape index (κ1) is 13.2. The molecule has 1 saturated carbocycles. The minimum atomic E-state index is -0.117. The van der Waals surface area contributed by atoms with E-state index in [-0.39, 0.29) is 5.91 Å². The second kappa shape index (κ2) is 5.59. The van der Waals surface area contributed by atoms with Crippen molar-refractivity contribution in [2.24, 2.45) is 5.92 Å². The lowest BCUT2D eigenvalue weighted by Crippen LogP contribution is -2.30. The van der Waals surface area contributed by atoms with Gasteiger partial charge in [0.05, 0.1) is 10.0 Å². The maximum absolute atomic E-state index is 11.8. The summed E-state index contributed by atoms with van der Waals surface area (Å²) in [5.41, 5.74) is 0.537. The fourth-order valence-electron chi connectivity index (χ4n) is 1.55. The summed E-state index contributed by atoms with van der Waals surface area (Å²) in [6, 6.07) is 4.88. The minimum absolute atomic E-state index is 0.117. The Morgan fingerprint density at radius 2 is 2.12 bits per heavy atom. The number of carbonyl (C=O) groups is 1. The highest BCUT2D eigenvalue weighted by Gasteiger charge is 2.29. The Morgan fingerprint density at radius 3 is 2.71 bits per heavy atom. The van der Waals surface area contributed by atoms with E-state index in [4.69, 9.17) is 23.2 Å². The Labute approximate surface area is 119 Å². The van der Waals surface area contributed by atoms with Crippen LogP contribution in [0.25, 0.3) is 0 Å². The van der Waals surface area contributed by atoms with E-state index in [1.165, 1.54) is 12.8 Å². The highest BCUT2D eigenvalue weighted by Crippen LogP contribution is 2.36. The van der Waals surface area contributed by atoms with Crippen molar-refractivity contribution in [2.45, 2.75) is 17.7 Å². The number of rotatable bonds is 4. The van der Waals surface area contributed by atoms with E-state index in [1.807, 2.05) is 0 Å². The summed E-state index contributed by atoms with van der Waals surface area (Å²) < 4.78 is 0. The molecule has 1 aliphatic carbocycles. The molecule has 5 heteroatoms. The van der Waals surface area contributed by atoms with Gasteiger partial charge in [-0.3, -0.25) is 4.79 Å². The van der Waals surface area contributed by atoms with Crippen LogP contribution in [0.2, 0.25) is 10.0 Å². The van der Waals surface area contributed by atoms with Gasteiger partial charge >= 0.3 is 0 Å². The number of carbonyl (C=O) groups excluding carboxylic acids is 1. The molecule has 1 aliphatic rings. The molecule has 1 amide bonds. The van der Waals surface area contributed by atoms with Crippen LogP contribution in [0.3, 0.4) is 0 Å². The topological polar surface area (TPSA) is 29.1 Å². The van der Waals surface area contributed by atoms with Crippen molar-refractivity contribution >= 4 is 45.0 Å². The van der Waals surface area contributed by atoms with Gasteiger partial charge in [-0.2, -0.15) is 0 Å². The van der Waals surface area contributed by atoms with Gasteiger partial charge in [-0.1, -0.05) is 39.1 Å². The highest BCUT2D eigenvalue weighted by molar-refractivity contribution is 9.09. The third kappa shape index (κ3) is 3.60. The Bertz CT molecular complexity index is 435. The first-order chi connectivity index (χ1) is 8.08. The number of hydrogen-bond donors (Lipinski definition) is 1. The van der Waals surface area contributed by atoms with Gasteiger partial charge in [0, 0.05) is 16.9 Å². The normalized spacial score (nSPS) is 16.6. The van der Waals surface area contributed by atoms with Crippen molar-refractivity contribution in [2.75, 3.05) is 6.54 Å². The number of nitrogens with one attached hydrogen (secondary N) is 1. The van der Waals surface area contributed by atoms with Crippen LogP contribution in [0.15, 0.2) is 18.2 Å². The van der Waals surface area contributed by atoms with Gasteiger partial charge in [-0.15, -0.1) is 0 Å². The molecular weight excluding hydrogens is 325 g/mol. The van der Waals surface area contributed by atoms with E-state index in [1.54, 1.807) is 18.2 Å². The summed E-state index contributed by atoms with van der Waals surface area (Å²) in [6.45, 7) is 0.643. The monoisotopic (exact) mass is 335 g/mol. The number of benzene rings is 1. The van der Waals surface area contributed by atoms with E-state index in [0.717, 1.165) is 0 Å². The minimum Gasteiger partial charge on any atom is -0.351 e. The summed E-state index contributed by atoms with van der Waals surface area (Å²) in [7, 11) is 0. The molecule has 0 heterocycles. The summed E-state index contributed by atoms with van der Waals surface area (Å²) in [6.07, 6.45) is 2.50. The predicted molar refractivity (Wildman–Crippen MR) is 74.2 cm³/mol. The molecule has 1 aromatic carbocycles. The predicted octanol–water partition coefficient (Wildman–Crippen LogP) is 3.90. The zero-order valence-electron chi connectivity index (χ0n) is 9.05. The molecule has 2 rings (SSSR count). The zero-order valence-corrected chi connectivity index (χ0v) is 12.1. The smallest absolute Gasteiger partial charge is 0.251 e. The van der Waals surface area contributed by atoms with Crippen molar-refractivity contribution < 1.29 is 4.79 Å². The van der Waals surface area contributed by atoms with Gasteiger partial charge in [0.25, 0.3) is 5.91 Å². The van der Waals surface area contributed by atoms with Crippen LogP contribution in [0.5, 0.6) is 0 Å². The maximum atomic E-state index is 11.8. The van der Waals surface area contributed by atoms with E-state index >= 15 is 0 Å². The molecule has 1 N–H and O–H groups in total. The fraction of sp³-hybridized carbons (Fsp3) is 0.417. The first-order valence-electron chi connectivity index (χ1n) is 5.45.